The predicted molar refractivity (Wildman–Crippen MR) is 101 cm³/mol. The van der Waals surface area contributed by atoms with Gasteiger partial charge in [0, 0.05) is 11.6 Å². The Kier molecular flexibility index (Phi) is 5.51. The summed E-state index contributed by atoms with van der Waals surface area (Å²) in [5.74, 6) is 0.900. The molecule has 1 aliphatic heterocycles. The fourth-order valence-corrected chi connectivity index (χ4v) is 3.38. The third-order valence-corrected chi connectivity index (χ3v) is 4.53. The smallest absolute Gasteiger partial charge is 0.189 e. The average molecular weight is 425 g/mol. The molecule has 0 aliphatic carbocycles. The third-order valence-electron chi connectivity index (χ3n) is 4.53. The molecule has 0 unspecified atom stereocenters. The lowest BCUT2D eigenvalue weighted by Crippen LogP contribution is -2.89. The van der Waals surface area contributed by atoms with Gasteiger partial charge in [0.05, 0.1) is 0 Å². The van der Waals surface area contributed by atoms with E-state index in [0.29, 0.717) is 0 Å². The van der Waals surface area contributed by atoms with Gasteiger partial charge in [0.1, 0.15) is 11.4 Å². The van der Waals surface area contributed by atoms with Gasteiger partial charge >= 0.3 is 0 Å². The number of halogens is 1. The molecule has 2 N–H and O–H groups in total. The zero-order chi connectivity index (χ0) is 21.1. The molecule has 0 radical (unpaired) electrons. The Hall–Kier alpha value is -3.24. The quantitative estimate of drug-likeness (QED) is 0.328. The van der Waals surface area contributed by atoms with Gasteiger partial charge in [-0.25, -0.2) is 23.6 Å². The van der Waals surface area contributed by atoms with Crippen molar-refractivity contribution in [2.75, 3.05) is 10.1 Å². The molecule has 0 saturated heterocycles. The Morgan fingerprint density at radius 3 is 2.10 bits per heavy atom. The number of anilines is 3. The van der Waals surface area contributed by atoms with E-state index in [2.05, 4.69) is 81.2 Å². The Labute approximate surface area is 174 Å². The summed E-state index contributed by atoms with van der Waals surface area (Å²) in [5, 5.41) is 6.82. The van der Waals surface area contributed by atoms with Crippen molar-refractivity contribution < 1.29 is 34.3 Å². The van der Waals surface area contributed by atoms with Crippen molar-refractivity contribution >= 4 is 33.7 Å². The van der Waals surface area contributed by atoms with Crippen molar-refractivity contribution in [2.24, 2.45) is 0 Å². The van der Waals surface area contributed by atoms with Gasteiger partial charge in [-0.3, -0.25) is 0 Å². The van der Waals surface area contributed by atoms with E-state index >= 15 is 0 Å². The minimum atomic E-state index is -4.94. The monoisotopic (exact) mass is 424 g/mol. The highest BCUT2D eigenvalue weighted by atomic mass is 35.7. The zero-order valence-corrected chi connectivity index (χ0v) is 16.3. The predicted octanol–water partition coefficient (Wildman–Crippen LogP) is -0.838. The maximum absolute atomic E-state index is 8.49. The molecule has 152 valence electrons. The fraction of sp³-hybridized carbons (Fsp3) is 0. The SMILES string of the molecule is [O-][Cl+3]([O-])([O-])[O-].c1ccc(N2[NH2+]c3c(ccc4ccccc34)N2c2ccccn2)cc1. The molecular weight excluding hydrogens is 408 g/mol. The van der Waals surface area contributed by atoms with Crippen LogP contribution in [0.4, 0.5) is 22.9 Å². The summed E-state index contributed by atoms with van der Waals surface area (Å²) >= 11 is 0. The van der Waals surface area contributed by atoms with Crippen LogP contribution >= 0.6 is 0 Å². The number of hydrazine groups is 1. The number of quaternary nitrogens is 1. The summed E-state index contributed by atoms with van der Waals surface area (Å²) in [6.07, 6.45) is 1.83. The molecule has 0 atom stereocenters. The Morgan fingerprint density at radius 2 is 1.40 bits per heavy atom. The van der Waals surface area contributed by atoms with Crippen LogP contribution in [0.25, 0.3) is 10.8 Å². The number of nitrogens with zero attached hydrogens (tertiary/aromatic N) is 3. The van der Waals surface area contributed by atoms with Gasteiger partial charge in [0.2, 0.25) is 0 Å². The Morgan fingerprint density at radius 1 is 0.733 bits per heavy atom. The van der Waals surface area contributed by atoms with Crippen LogP contribution in [-0.4, -0.2) is 4.98 Å². The molecule has 2 heterocycles. The number of nitrogens with two attached hydrogens (primary N) is 1. The van der Waals surface area contributed by atoms with E-state index in [0.717, 1.165) is 17.2 Å². The van der Waals surface area contributed by atoms with Gasteiger partial charge in [0.25, 0.3) is 0 Å². The lowest BCUT2D eigenvalue weighted by atomic mass is 10.1. The van der Waals surface area contributed by atoms with Crippen molar-refractivity contribution in [3.63, 3.8) is 0 Å². The van der Waals surface area contributed by atoms with Gasteiger partial charge in [-0.2, -0.15) is 10.4 Å². The molecular formula is C21H17ClN4O4. The highest BCUT2D eigenvalue weighted by Gasteiger charge is 2.35. The molecule has 0 spiro atoms. The maximum atomic E-state index is 8.49. The van der Waals surface area contributed by atoms with Crippen LogP contribution in [0, 0.1) is 10.2 Å². The summed E-state index contributed by atoms with van der Waals surface area (Å²) in [4.78, 5) is 4.58. The second-order valence-electron chi connectivity index (χ2n) is 6.41. The lowest BCUT2D eigenvalue weighted by molar-refractivity contribution is -2.00. The van der Waals surface area contributed by atoms with Crippen molar-refractivity contribution in [3.05, 3.63) is 91.1 Å². The number of aromatic nitrogens is 1. The van der Waals surface area contributed by atoms with Crippen molar-refractivity contribution in [1.29, 1.82) is 0 Å². The minimum Gasteiger partial charge on any atom is -0.237 e. The van der Waals surface area contributed by atoms with Crippen LogP contribution in [0.2, 0.25) is 0 Å². The molecule has 5 rings (SSSR count). The molecule has 4 aromatic rings. The van der Waals surface area contributed by atoms with Crippen LogP contribution < -0.4 is 34.2 Å². The normalized spacial score (nSPS) is 13.1. The molecule has 30 heavy (non-hydrogen) atoms. The van der Waals surface area contributed by atoms with E-state index < -0.39 is 10.2 Å². The topological polar surface area (TPSA) is 128 Å². The lowest BCUT2D eigenvalue weighted by Gasteiger charge is -2.25. The average Bonchev–Trinajstić information content (AvgIpc) is 3.14. The van der Waals surface area contributed by atoms with Gasteiger partial charge in [-0.1, -0.05) is 48.5 Å². The van der Waals surface area contributed by atoms with Crippen molar-refractivity contribution in [1.82, 2.24) is 4.98 Å². The van der Waals surface area contributed by atoms with Gasteiger partial charge < -0.3 is 0 Å². The summed E-state index contributed by atoms with van der Waals surface area (Å²) in [5.41, 5.74) is 5.66. The Balaban J connectivity index is 0.000000393. The highest BCUT2D eigenvalue weighted by Crippen LogP contribution is 2.39. The number of fused-ring (bicyclic) bond motifs is 3. The Bertz CT molecular complexity index is 1130. The summed E-state index contributed by atoms with van der Waals surface area (Å²) < 4.78 is 34.0. The molecule has 0 bridgehead atoms. The first-order valence-electron chi connectivity index (χ1n) is 8.95. The van der Waals surface area contributed by atoms with E-state index in [-0.39, 0.29) is 0 Å². The number of hydrogen-bond acceptors (Lipinski definition) is 7. The van der Waals surface area contributed by atoms with Crippen LogP contribution in [0.3, 0.4) is 0 Å². The summed E-state index contributed by atoms with van der Waals surface area (Å²) in [6.45, 7) is 0. The molecule has 0 fully saturated rings. The molecule has 1 aromatic heterocycles. The maximum Gasteiger partial charge on any atom is 0.189 e. The van der Waals surface area contributed by atoms with E-state index in [1.807, 2.05) is 30.5 Å². The third kappa shape index (κ3) is 4.34. The molecule has 1 aliphatic rings. The standard InChI is InChI=1S/C21H16N4.ClHO4/c1-2-9-17(10-3-1)25-23-21-18-11-5-4-8-16(18)13-14-19(21)24(25)20-12-6-7-15-22-20;2-1(3,4)5/h1-15,23H;(H,2,3,4,5). The highest BCUT2D eigenvalue weighted by molar-refractivity contribution is 5.98. The molecule has 8 nitrogen and oxygen atoms in total. The number of hydrogen-bond donors (Lipinski definition) is 1. The van der Waals surface area contributed by atoms with Gasteiger partial charge in [-0.05, 0) is 41.8 Å². The number of pyridine rings is 1. The van der Waals surface area contributed by atoms with E-state index in [1.54, 1.807) is 0 Å². The van der Waals surface area contributed by atoms with Crippen LogP contribution in [0.15, 0.2) is 91.1 Å². The molecule has 9 heteroatoms. The molecule has 0 saturated carbocycles. The first-order valence-corrected chi connectivity index (χ1v) is 10.2. The summed E-state index contributed by atoms with van der Waals surface area (Å²) in [6, 6.07) is 29.2. The van der Waals surface area contributed by atoms with Crippen LogP contribution in [0.1, 0.15) is 0 Å². The van der Waals surface area contributed by atoms with E-state index in [1.165, 1.54) is 16.5 Å². The second kappa shape index (κ2) is 8.25. The zero-order valence-electron chi connectivity index (χ0n) is 15.6. The van der Waals surface area contributed by atoms with E-state index in [9.17, 15) is 0 Å². The number of rotatable bonds is 2. The van der Waals surface area contributed by atoms with Crippen LogP contribution in [-0.2, 0) is 0 Å². The minimum absolute atomic E-state index is 0.900. The van der Waals surface area contributed by atoms with Crippen LogP contribution in [0.5, 0.6) is 0 Å². The van der Waals surface area contributed by atoms with Gasteiger partial charge in [0.15, 0.2) is 11.5 Å². The van der Waals surface area contributed by atoms with Crippen molar-refractivity contribution in [3.8, 4) is 0 Å². The van der Waals surface area contributed by atoms with Gasteiger partial charge in [-0.15, -0.1) is 15.4 Å². The fourth-order valence-electron chi connectivity index (χ4n) is 3.38. The largest absolute Gasteiger partial charge is 0.237 e. The molecule has 3 aromatic carbocycles. The first-order chi connectivity index (χ1) is 14.4. The molecule has 0 amide bonds. The first kappa shape index (κ1) is 20.0. The number of benzene rings is 3. The second-order valence-corrected chi connectivity index (χ2v) is 7.16. The summed E-state index contributed by atoms with van der Waals surface area (Å²) in [7, 11) is -4.94. The number of para-hydroxylation sites is 1. The van der Waals surface area contributed by atoms with E-state index in [4.69, 9.17) is 18.6 Å². The van der Waals surface area contributed by atoms with Crippen molar-refractivity contribution in [2.45, 2.75) is 0 Å².